The fourth-order valence-electron chi connectivity index (χ4n) is 2.94. The Morgan fingerprint density at radius 2 is 1.83 bits per heavy atom. The Kier molecular flexibility index (Phi) is 4.11. The van der Waals surface area contributed by atoms with E-state index >= 15 is 0 Å². The van der Waals surface area contributed by atoms with E-state index < -0.39 is 16.1 Å². The van der Waals surface area contributed by atoms with Crippen molar-refractivity contribution in [1.82, 2.24) is 9.62 Å². The second-order valence-electron chi connectivity index (χ2n) is 5.73. The zero-order valence-electron chi connectivity index (χ0n) is 12.9. The number of anilines is 1. The molecule has 0 saturated carbocycles. The molecule has 1 aromatic carbocycles. The van der Waals surface area contributed by atoms with E-state index in [1.54, 1.807) is 24.0 Å². The van der Waals surface area contributed by atoms with E-state index in [1.165, 1.54) is 16.4 Å². The minimum atomic E-state index is -3.73. The Bertz CT molecular complexity index is 730. The molecule has 2 saturated heterocycles. The average molecular weight is 337 g/mol. The molecule has 2 fully saturated rings. The summed E-state index contributed by atoms with van der Waals surface area (Å²) in [5, 5.41) is 2.65. The molecular weight excluding hydrogens is 318 g/mol. The second kappa shape index (κ2) is 5.93. The van der Waals surface area contributed by atoms with E-state index in [1.807, 2.05) is 0 Å². The van der Waals surface area contributed by atoms with E-state index in [2.05, 4.69) is 5.32 Å². The van der Waals surface area contributed by atoms with Crippen molar-refractivity contribution < 1.29 is 18.0 Å². The molecule has 2 aliphatic heterocycles. The van der Waals surface area contributed by atoms with Gasteiger partial charge in [0.25, 0.3) is 0 Å². The molecule has 8 heteroatoms. The van der Waals surface area contributed by atoms with Gasteiger partial charge in [0.2, 0.25) is 21.8 Å². The van der Waals surface area contributed by atoms with Crippen molar-refractivity contribution in [3.8, 4) is 0 Å². The Hall–Kier alpha value is -1.93. The van der Waals surface area contributed by atoms with Gasteiger partial charge in [-0.3, -0.25) is 9.59 Å². The Morgan fingerprint density at radius 1 is 1.13 bits per heavy atom. The van der Waals surface area contributed by atoms with Crippen molar-refractivity contribution in [2.45, 2.75) is 30.7 Å². The van der Waals surface area contributed by atoms with E-state index in [9.17, 15) is 18.0 Å². The quantitative estimate of drug-likeness (QED) is 0.861. The third kappa shape index (κ3) is 2.84. The maximum absolute atomic E-state index is 12.7. The van der Waals surface area contributed by atoms with Crippen LogP contribution in [0.4, 0.5) is 5.69 Å². The number of carbonyl (C=O) groups is 2. The molecule has 0 bridgehead atoms. The minimum Gasteiger partial charge on any atom is -0.353 e. The standard InChI is InChI=1S/C15H19N3O4S/c1-11-15(20)16-8-10-18(11)23(21,22)13-6-4-12(5-7-13)17-9-2-3-14(17)19/h4-7,11H,2-3,8-10H2,1H3,(H,16,20). The van der Waals surface area contributed by atoms with Crippen LogP contribution in [-0.2, 0) is 19.6 Å². The molecular formula is C15H19N3O4S. The molecule has 2 aliphatic rings. The van der Waals surface area contributed by atoms with Gasteiger partial charge in [-0.15, -0.1) is 0 Å². The van der Waals surface area contributed by atoms with Gasteiger partial charge in [-0.1, -0.05) is 0 Å². The van der Waals surface area contributed by atoms with Crippen LogP contribution in [0.15, 0.2) is 29.2 Å². The monoisotopic (exact) mass is 337 g/mol. The van der Waals surface area contributed by atoms with Crippen LogP contribution in [-0.4, -0.2) is 50.2 Å². The van der Waals surface area contributed by atoms with Gasteiger partial charge in [0.1, 0.15) is 6.04 Å². The van der Waals surface area contributed by atoms with Crippen LogP contribution in [0.1, 0.15) is 19.8 Å². The first kappa shape index (κ1) is 15.9. The fourth-order valence-corrected chi connectivity index (χ4v) is 4.54. The molecule has 0 aliphatic carbocycles. The summed E-state index contributed by atoms with van der Waals surface area (Å²) in [5.74, 6) is -0.235. The Labute approximate surface area is 135 Å². The lowest BCUT2D eigenvalue weighted by molar-refractivity contribution is -0.126. The number of piperazine rings is 1. The molecule has 124 valence electrons. The first-order valence-corrected chi connectivity index (χ1v) is 9.05. The number of sulfonamides is 1. The molecule has 0 aromatic heterocycles. The molecule has 1 N–H and O–H groups in total. The number of benzene rings is 1. The summed E-state index contributed by atoms with van der Waals surface area (Å²) >= 11 is 0. The second-order valence-corrected chi connectivity index (χ2v) is 7.62. The lowest BCUT2D eigenvalue weighted by Crippen LogP contribution is -2.55. The van der Waals surface area contributed by atoms with Gasteiger partial charge < -0.3 is 10.2 Å². The zero-order chi connectivity index (χ0) is 16.6. The number of amides is 2. The summed E-state index contributed by atoms with van der Waals surface area (Å²) < 4.78 is 26.6. The van der Waals surface area contributed by atoms with Gasteiger partial charge in [-0.05, 0) is 37.6 Å². The highest BCUT2D eigenvalue weighted by molar-refractivity contribution is 7.89. The predicted octanol–water partition coefficient (Wildman–Crippen LogP) is 0.322. The molecule has 23 heavy (non-hydrogen) atoms. The van der Waals surface area contributed by atoms with Gasteiger partial charge in [-0.2, -0.15) is 4.31 Å². The third-order valence-corrected chi connectivity index (χ3v) is 6.26. The van der Waals surface area contributed by atoms with Crippen molar-refractivity contribution in [2.75, 3.05) is 24.5 Å². The van der Waals surface area contributed by atoms with Crippen LogP contribution in [0.3, 0.4) is 0 Å². The maximum atomic E-state index is 12.7. The highest BCUT2D eigenvalue weighted by atomic mass is 32.2. The molecule has 2 heterocycles. The molecule has 2 amide bonds. The van der Waals surface area contributed by atoms with Crippen LogP contribution in [0.2, 0.25) is 0 Å². The highest BCUT2D eigenvalue weighted by Gasteiger charge is 2.35. The number of hydrogen-bond donors (Lipinski definition) is 1. The van der Waals surface area contributed by atoms with Gasteiger partial charge in [0.15, 0.2) is 0 Å². The Morgan fingerprint density at radius 3 is 2.43 bits per heavy atom. The number of nitrogens with zero attached hydrogens (tertiary/aromatic N) is 2. The number of rotatable bonds is 3. The molecule has 1 unspecified atom stereocenters. The van der Waals surface area contributed by atoms with E-state index in [4.69, 9.17) is 0 Å². The number of nitrogens with one attached hydrogen (secondary N) is 1. The van der Waals surface area contributed by atoms with Gasteiger partial charge >= 0.3 is 0 Å². The van der Waals surface area contributed by atoms with Crippen LogP contribution < -0.4 is 10.2 Å². The molecule has 0 radical (unpaired) electrons. The summed E-state index contributed by atoms with van der Waals surface area (Å²) in [6.07, 6.45) is 1.35. The normalized spacial score (nSPS) is 23.2. The van der Waals surface area contributed by atoms with Crippen LogP contribution in [0.25, 0.3) is 0 Å². The minimum absolute atomic E-state index is 0.0573. The molecule has 1 aromatic rings. The Balaban J connectivity index is 1.86. The highest BCUT2D eigenvalue weighted by Crippen LogP contribution is 2.25. The third-order valence-electron chi connectivity index (χ3n) is 4.27. The van der Waals surface area contributed by atoms with E-state index in [-0.39, 0.29) is 23.3 Å². The predicted molar refractivity (Wildman–Crippen MR) is 84.4 cm³/mol. The summed E-state index contributed by atoms with van der Waals surface area (Å²) in [6, 6.07) is 5.55. The lowest BCUT2D eigenvalue weighted by Gasteiger charge is -2.31. The van der Waals surface area contributed by atoms with E-state index in [0.29, 0.717) is 25.2 Å². The van der Waals surface area contributed by atoms with Gasteiger partial charge in [0.05, 0.1) is 4.90 Å². The zero-order valence-corrected chi connectivity index (χ0v) is 13.7. The van der Waals surface area contributed by atoms with Crippen molar-refractivity contribution in [2.24, 2.45) is 0 Å². The topological polar surface area (TPSA) is 86.8 Å². The van der Waals surface area contributed by atoms with Crippen LogP contribution in [0, 0.1) is 0 Å². The molecule has 7 nitrogen and oxygen atoms in total. The van der Waals surface area contributed by atoms with Crippen molar-refractivity contribution in [1.29, 1.82) is 0 Å². The van der Waals surface area contributed by atoms with Crippen molar-refractivity contribution >= 4 is 27.5 Å². The summed E-state index contributed by atoms with van der Waals surface area (Å²) in [7, 11) is -3.73. The summed E-state index contributed by atoms with van der Waals surface area (Å²) in [5.41, 5.74) is 0.705. The fraction of sp³-hybridized carbons (Fsp3) is 0.467. The van der Waals surface area contributed by atoms with E-state index in [0.717, 1.165) is 6.42 Å². The molecule has 0 spiro atoms. The first-order valence-electron chi connectivity index (χ1n) is 7.61. The van der Waals surface area contributed by atoms with Gasteiger partial charge in [-0.25, -0.2) is 8.42 Å². The maximum Gasteiger partial charge on any atom is 0.243 e. The average Bonchev–Trinajstić information content (AvgIpc) is 2.96. The molecule has 1 atom stereocenters. The van der Waals surface area contributed by atoms with Crippen LogP contribution in [0.5, 0.6) is 0 Å². The lowest BCUT2D eigenvalue weighted by atomic mass is 10.2. The smallest absolute Gasteiger partial charge is 0.243 e. The number of carbonyl (C=O) groups excluding carboxylic acids is 2. The first-order chi connectivity index (χ1) is 10.9. The summed E-state index contributed by atoms with van der Waals surface area (Å²) in [4.78, 5) is 25.2. The summed E-state index contributed by atoms with van der Waals surface area (Å²) in [6.45, 7) is 2.79. The molecule has 3 rings (SSSR count). The van der Waals surface area contributed by atoms with Gasteiger partial charge in [0, 0.05) is 31.7 Å². The van der Waals surface area contributed by atoms with Crippen molar-refractivity contribution in [3.63, 3.8) is 0 Å². The van der Waals surface area contributed by atoms with Crippen LogP contribution >= 0.6 is 0 Å². The number of hydrogen-bond acceptors (Lipinski definition) is 4. The largest absolute Gasteiger partial charge is 0.353 e. The van der Waals surface area contributed by atoms with Crippen molar-refractivity contribution in [3.05, 3.63) is 24.3 Å². The SMILES string of the molecule is CC1C(=O)NCCN1S(=O)(=O)c1ccc(N2CCCC2=O)cc1.